The molecule has 3 N–H and O–H groups in total. The molecule has 1 saturated heterocycles. The first-order valence-corrected chi connectivity index (χ1v) is 8.86. The Kier molecular flexibility index (Phi) is 11.9. The van der Waals surface area contributed by atoms with Crippen LogP contribution in [0.4, 0.5) is 0 Å². The minimum absolute atomic E-state index is 0. The predicted octanol–water partition coefficient (Wildman–Crippen LogP) is 0.342. The number of nitrogens with one attached hydrogen (secondary N) is 1. The van der Waals surface area contributed by atoms with E-state index in [0.717, 1.165) is 78.1 Å². The fourth-order valence-corrected chi connectivity index (χ4v) is 2.83. The number of ether oxygens (including phenoxy) is 2. The Morgan fingerprint density at radius 1 is 1.33 bits per heavy atom. The number of methoxy groups -OCH3 is 1. The second-order valence-electron chi connectivity index (χ2n) is 6.26. The van der Waals surface area contributed by atoms with Gasteiger partial charge in [0.15, 0.2) is 5.96 Å². The SMILES string of the molecule is COCCN(CCNC(N)=NCCCN1CCOCC1)C1CC1.I. The maximum absolute atomic E-state index is 5.93. The molecule has 0 aromatic heterocycles. The van der Waals surface area contributed by atoms with Crippen LogP contribution in [-0.2, 0) is 9.47 Å². The summed E-state index contributed by atoms with van der Waals surface area (Å²) in [5.41, 5.74) is 5.93. The normalized spacial score (nSPS) is 19.3. The monoisotopic (exact) mass is 455 g/mol. The zero-order valence-corrected chi connectivity index (χ0v) is 17.2. The van der Waals surface area contributed by atoms with E-state index in [9.17, 15) is 0 Å². The number of hydrogen-bond donors (Lipinski definition) is 2. The molecular weight excluding hydrogens is 421 g/mol. The van der Waals surface area contributed by atoms with Crippen molar-refractivity contribution in [2.24, 2.45) is 10.7 Å². The molecule has 142 valence electrons. The van der Waals surface area contributed by atoms with Crippen LogP contribution in [0.2, 0.25) is 0 Å². The topological polar surface area (TPSA) is 75.3 Å². The molecule has 0 spiro atoms. The average molecular weight is 455 g/mol. The second-order valence-corrected chi connectivity index (χ2v) is 6.26. The van der Waals surface area contributed by atoms with Crippen molar-refractivity contribution < 1.29 is 9.47 Å². The number of hydrogen-bond acceptors (Lipinski definition) is 5. The van der Waals surface area contributed by atoms with E-state index in [1.807, 2.05) is 0 Å². The average Bonchev–Trinajstić information content (AvgIpc) is 3.40. The lowest BCUT2D eigenvalue weighted by Gasteiger charge is -2.26. The quantitative estimate of drug-likeness (QED) is 0.203. The van der Waals surface area contributed by atoms with E-state index in [4.69, 9.17) is 15.2 Å². The molecule has 0 bridgehead atoms. The zero-order valence-electron chi connectivity index (χ0n) is 14.9. The summed E-state index contributed by atoms with van der Waals surface area (Å²) >= 11 is 0. The first-order chi connectivity index (χ1) is 11.3. The molecule has 0 radical (unpaired) electrons. The van der Waals surface area contributed by atoms with Gasteiger partial charge < -0.3 is 20.5 Å². The Morgan fingerprint density at radius 2 is 2.08 bits per heavy atom. The van der Waals surface area contributed by atoms with Crippen molar-refractivity contribution in [3.05, 3.63) is 0 Å². The van der Waals surface area contributed by atoms with E-state index < -0.39 is 0 Å². The Bertz CT molecular complexity index is 349. The van der Waals surface area contributed by atoms with E-state index in [1.54, 1.807) is 7.11 Å². The molecular formula is C16H34IN5O2. The third-order valence-electron chi connectivity index (χ3n) is 4.37. The Balaban J connectivity index is 0.00000288. The number of morpholine rings is 1. The molecule has 2 rings (SSSR count). The number of nitrogens with zero attached hydrogens (tertiary/aromatic N) is 3. The molecule has 0 atom stereocenters. The number of aliphatic imine (C=N–C) groups is 1. The van der Waals surface area contributed by atoms with Gasteiger partial charge in [0, 0.05) is 59.0 Å². The highest BCUT2D eigenvalue weighted by Gasteiger charge is 2.28. The Morgan fingerprint density at radius 3 is 2.75 bits per heavy atom. The van der Waals surface area contributed by atoms with Gasteiger partial charge in [0.25, 0.3) is 0 Å². The van der Waals surface area contributed by atoms with Crippen molar-refractivity contribution in [1.82, 2.24) is 15.1 Å². The highest BCUT2D eigenvalue weighted by molar-refractivity contribution is 14.0. The van der Waals surface area contributed by atoms with Gasteiger partial charge in [0.1, 0.15) is 0 Å². The number of nitrogens with two attached hydrogens (primary N) is 1. The first kappa shape index (κ1) is 21.9. The predicted molar refractivity (Wildman–Crippen MR) is 108 cm³/mol. The molecule has 2 fully saturated rings. The van der Waals surface area contributed by atoms with Gasteiger partial charge in [-0.05, 0) is 19.3 Å². The maximum Gasteiger partial charge on any atom is 0.188 e. The van der Waals surface area contributed by atoms with E-state index >= 15 is 0 Å². The summed E-state index contributed by atoms with van der Waals surface area (Å²) in [6.07, 6.45) is 3.67. The molecule has 8 heteroatoms. The smallest absolute Gasteiger partial charge is 0.188 e. The van der Waals surface area contributed by atoms with Crippen molar-refractivity contribution in [2.45, 2.75) is 25.3 Å². The highest BCUT2D eigenvalue weighted by atomic mass is 127. The first-order valence-electron chi connectivity index (χ1n) is 8.86. The molecule has 1 saturated carbocycles. The van der Waals surface area contributed by atoms with Gasteiger partial charge >= 0.3 is 0 Å². The lowest BCUT2D eigenvalue weighted by molar-refractivity contribution is 0.0377. The van der Waals surface area contributed by atoms with E-state index in [-0.39, 0.29) is 24.0 Å². The molecule has 2 aliphatic rings. The van der Waals surface area contributed by atoms with Crippen molar-refractivity contribution in [3.63, 3.8) is 0 Å². The Labute approximate surface area is 163 Å². The van der Waals surface area contributed by atoms with Gasteiger partial charge in [-0.2, -0.15) is 0 Å². The van der Waals surface area contributed by atoms with Gasteiger partial charge in [-0.3, -0.25) is 14.8 Å². The van der Waals surface area contributed by atoms with Crippen LogP contribution in [0, 0.1) is 0 Å². The summed E-state index contributed by atoms with van der Waals surface area (Å²) < 4.78 is 10.5. The highest BCUT2D eigenvalue weighted by Crippen LogP contribution is 2.25. The molecule has 24 heavy (non-hydrogen) atoms. The lowest BCUT2D eigenvalue weighted by Crippen LogP contribution is -2.40. The molecule has 0 unspecified atom stereocenters. The third-order valence-corrected chi connectivity index (χ3v) is 4.37. The summed E-state index contributed by atoms with van der Waals surface area (Å²) in [5.74, 6) is 0.564. The van der Waals surface area contributed by atoms with Crippen LogP contribution in [0.5, 0.6) is 0 Å². The molecule has 0 amide bonds. The van der Waals surface area contributed by atoms with Crippen molar-refractivity contribution in [3.8, 4) is 0 Å². The van der Waals surface area contributed by atoms with E-state index in [1.165, 1.54) is 12.8 Å². The number of rotatable bonds is 11. The Hall–Kier alpha value is -0.160. The summed E-state index contributed by atoms with van der Waals surface area (Å²) in [4.78, 5) is 9.31. The summed E-state index contributed by atoms with van der Waals surface area (Å²) in [5, 5.41) is 3.22. The molecule has 1 aliphatic heterocycles. The number of halogens is 1. The van der Waals surface area contributed by atoms with Crippen molar-refractivity contribution in [1.29, 1.82) is 0 Å². The van der Waals surface area contributed by atoms with Gasteiger partial charge in [-0.1, -0.05) is 0 Å². The van der Waals surface area contributed by atoms with E-state index in [0.29, 0.717) is 5.96 Å². The minimum atomic E-state index is 0. The molecule has 7 nitrogen and oxygen atoms in total. The molecule has 0 aromatic rings. The zero-order chi connectivity index (χ0) is 16.3. The van der Waals surface area contributed by atoms with Gasteiger partial charge in [-0.15, -0.1) is 24.0 Å². The minimum Gasteiger partial charge on any atom is -0.383 e. The van der Waals surface area contributed by atoms with Gasteiger partial charge in [-0.25, -0.2) is 0 Å². The molecule has 1 aliphatic carbocycles. The van der Waals surface area contributed by atoms with Gasteiger partial charge in [0.05, 0.1) is 19.8 Å². The summed E-state index contributed by atoms with van der Waals surface area (Å²) in [6, 6.07) is 0.749. The van der Waals surface area contributed by atoms with Gasteiger partial charge in [0.2, 0.25) is 0 Å². The lowest BCUT2D eigenvalue weighted by atomic mass is 10.3. The number of guanidine groups is 1. The summed E-state index contributed by atoms with van der Waals surface area (Å²) in [6.45, 7) is 9.28. The maximum atomic E-state index is 5.93. The van der Waals surface area contributed by atoms with Crippen molar-refractivity contribution in [2.75, 3.05) is 72.7 Å². The van der Waals surface area contributed by atoms with Crippen LogP contribution < -0.4 is 11.1 Å². The molecule has 0 aromatic carbocycles. The van der Waals surface area contributed by atoms with Crippen LogP contribution >= 0.6 is 24.0 Å². The second kappa shape index (κ2) is 13.1. The van der Waals surface area contributed by atoms with Crippen LogP contribution in [0.15, 0.2) is 4.99 Å². The molecule has 1 heterocycles. The fourth-order valence-electron chi connectivity index (χ4n) is 2.83. The van der Waals surface area contributed by atoms with E-state index in [2.05, 4.69) is 20.1 Å². The van der Waals surface area contributed by atoms with Crippen LogP contribution in [0.25, 0.3) is 0 Å². The third kappa shape index (κ3) is 9.36. The summed E-state index contributed by atoms with van der Waals surface area (Å²) in [7, 11) is 1.75. The van der Waals surface area contributed by atoms with Crippen LogP contribution in [0.3, 0.4) is 0 Å². The van der Waals surface area contributed by atoms with Crippen LogP contribution in [-0.4, -0.2) is 94.5 Å². The largest absolute Gasteiger partial charge is 0.383 e. The van der Waals surface area contributed by atoms with Crippen molar-refractivity contribution >= 4 is 29.9 Å². The fraction of sp³-hybridized carbons (Fsp3) is 0.938. The van der Waals surface area contributed by atoms with Crippen LogP contribution in [0.1, 0.15) is 19.3 Å². The standard InChI is InChI=1S/C16H33N5O2.HI/c1-22-12-11-21(15-3-4-15)8-6-19-16(17)18-5-2-7-20-9-13-23-14-10-20;/h15H,2-14H2,1H3,(H3,17,18,19);1H.